The summed E-state index contributed by atoms with van der Waals surface area (Å²) in [5.74, 6) is 0.227. The fourth-order valence-electron chi connectivity index (χ4n) is 3.01. The fourth-order valence-corrected chi connectivity index (χ4v) is 3.01. The molecular formula is C13H22N6O. The van der Waals surface area contributed by atoms with E-state index in [0.717, 1.165) is 39.3 Å². The summed E-state index contributed by atoms with van der Waals surface area (Å²) in [6, 6.07) is 0.669. The first-order chi connectivity index (χ1) is 9.83. The van der Waals surface area contributed by atoms with Crippen molar-refractivity contribution in [2.24, 2.45) is 0 Å². The van der Waals surface area contributed by atoms with E-state index in [1.54, 1.807) is 17.1 Å². The maximum atomic E-state index is 12.2. The van der Waals surface area contributed by atoms with Crippen LogP contribution < -0.4 is 5.32 Å². The third-order valence-corrected chi connectivity index (χ3v) is 4.24. The van der Waals surface area contributed by atoms with E-state index >= 15 is 0 Å². The summed E-state index contributed by atoms with van der Waals surface area (Å²) in [5.41, 5.74) is 0. The van der Waals surface area contributed by atoms with Crippen molar-refractivity contribution >= 4 is 5.91 Å². The number of carbonyl (C=O) groups is 1. The Morgan fingerprint density at radius 1 is 1.30 bits per heavy atom. The van der Waals surface area contributed by atoms with Crippen LogP contribution in [-0.4, -0.2) is 76.0 Å². The van der Waals surface area contributed by atoms with Crippen LogP contribution in [0.15, 0.2) is 12.4 Å². The fraction of sp³-hybridized carbons (Fsp3) is 0.769. The van der Waals surface area contributed by atoms with E-state index < -0.39 is 0 Å². The summed E-state index contributed by atoms with van der Waals surface area (Å²) in [4.78, 5) is 16.7. The number of aryl methyl sites for hydroxylation is 1. The Morgan fingerprint density at radius 3 is 2.80 bits per heavy atom. The molecule has 1 aromatic rings. The molecule has 1 N–H and O–H groups in total. The van der Waals surface area contributed by atoms with Crippen molar-refractivity contribution in [3.05, 3.63) is 12.4 Å². The van der Waals surface area contributed by atoms with Crippen LogP contribution in [0.25, 0.3) is 0 Å². The van der Waals surface area contributed by atoms with Crippen LogP contribution in [-0.2, 0) is 11.3 Å². The lowest BCUT2D eigenvalue weighted by molar-refractivity contribution is -0.133. The molecule has 0 spiro atoms. The van der Waals surface area contributed by atoms with Gasteiger partial charge in [-0.25, -0.2) is 0 Å². The Hall–Kier alpha value is -1.47. The first-order valence-electron chi connectivity index (χ1n) is 7.39. The van der Waals surface area contributed by atoms with Gasteiger partial charge in [0.25, 0.3) is 0 Å². The Bertz CT molecular complexity index is 420. The lowest BCUT2D eigenvalue weighted by Crippen LogP contribution is -2.52. The zero-order chi connectivity index (χ0) is 13.8. The van der Waals surface area contributed by atoms with Gasteiger partial charge in [0.1, 0.15) is 0 Å². The van der Waals surface area contributed by atoms with E-state index in [2.05, 4.69) is 20.5 Å². The number of amides is 1. The number of aromatic nitrogens is 3. The first-order valence-corrected chi connectivity index (χ1v) is 7.39. The van der Waals surface area contributed by atoms with Crippen molar-refractivity contribution in [2.45, 2.75) is 25.4 Å². The number of hydrogen-bond donors (Lipinski definition) is 1. The van der Waals surface area contributed by atoms with Crippen LogP contribution in [0, 0.1) is 0 Å². The molecule has 1 amide bonds. The lowest BCUT2D eigenvalue weighted by Gasteiger charge is -2.37. The van der Waals surface area contributed by atoms with E-state index in [-0.39, 0.29) is 5.91 Å². The zero-order valence-corrected chi connectivity index (χ0v) is 11.7. The minimum atomic E-state index is 0.227. The summed E-state index contributed by atoms with van der Waals surface area (Å²) >= 11 is 0. The van der Waals surface area contributed by atoms with Crippen LogP contribution in [0.2, 0.25) is 0 Å². The van der Waals surface area contributed by atoms with E-state index in [1.165, 1.54) is 6.42 Å². The number of hydrogen-bond acceptors (Lipinski definition) is 5. The van der Waals surface area contributed by atoms with Crippen molar-refractivity contribution < 1.29 is 4.79 Å². The van der Waals surface area contributed by atoms with E-state index in [9.17, 15) is 4.79 Å². The van der Waals surface area contributed by atoms with Gasteiger partial charge in [0.05, 0.1) is 12.7 Å². The molecule has 20 heavy (non-hydrogen) atoms. The molecule has 7 heteroatoms. The summed E-state index contributed by atoms with van der Waals surface area (Å²) in [6.07, 6.45) is 5.17. The highest BCUT2D eigenvalue weighted by molar-refractivity contribution is 5.76. The highest BCUT2D eigenvalue weighted by atomic mass is 16.2. The Labute approximate surface area is 118 Å². The van der Waals surface area contributed by atoms with Gasteiger partial charge in [-0.3, -0.25) is 14.4 Å². The minimum absolute atomic E-state index is 0.227. The molecule has 1 atom stereocenters. The Morgan fingerprint density at radius 2 is 2.15 bits per heavy atom. The molecule has 0 bridgehead atoms. The monoisotopic (exact) mass is 278 g/mol. The van der Waals surface area contributed by atoms with Gasteiger partial charge in [-0.2, -0.15) is 0 Å². The van der Waals surface area contributed by atoms with Crippen LogP contribution in [0.3, 0.4) is 0 Å². The average molecular weight is 278 g/mol. The van der Waals surface area contributed by atoms with E-state index in [1.807, 2.05) is 4.90 Å². The molecule has 1 unspecified atom stereocenters. The van der Waals surface area contributed by atoms with Crippen molar-refractivity contribution in [1.82, 2.24) is 30.1 Å². The number of rotatable bonds is 4. The molecule has 0 saturated carbocycles. The highest BCUT2D eigenvalue weighted by Crippen LogP contribution is 2.12. The molecule has 1 aromatic heterocycles. The molecule has 0 aromatic carbocycles. The average Bonchev–Trinajstić information content (AvgIpc) is 3.18. The van der Waals surface area contributed by atoms with Crippen LogP contribution >= 0.6 is 0 Å². The molecule has 2 saturated heterocycles. The van der Waals surface area contributed by atoms with Crippen molar-refractivity contribution in [1.29, 1.82) is 0 Å². The van der Waals surface area contributed by atoms with Gasteiger partial charge in [0.2, 0.25) is 5.91 Å². The first kappa shape index (κ1) is 13.5. The second-order valence-corrected chi connectivity index (χ2v) is 5.48. The molecule has 2 fully saturated rings. The van der Waals surface area contributed by atoms with Gasteiger partial charge in [0.15, 0.2) is 0 Å². The third-order valence-electron chi connectivity index (χ3n) is 4.24. The zero-order valence-electron chi connectivity index (χ0n) is 11.7. The SMILES string of the molecule is O=C(CCn1ccnn1)N1CCN(C2CCNC2)CC1. The summed E-state index contributed by atoms with van der Waals surface area (Å²) in [5, 5.41) is 11.0. The summed E-state index contributed by atoms with van der Waals surface area (Å²) in [7, 11) is 0. The number of piperazine rings is 1. The third kappa shape index (κ3) is 3.16. The number of nitrogens with one attached hydrogen (secondary N) is 1. The Balaban J connectivity index is 1.41. The quantitative estimate of drug-likeness (QED) is 0.779. The topological polar surface area (TPSA) is 66.3 Å². The van der Waals surface area contributed by atoms with Gasteiger partial charge in [-0.05, 0) is 13.0 Å². The normalized spacial score (nSPS) is 24.2. The van der Waals surface area contributed by atoms with Crippen LogP contribution in [0.1, 0.15) is 12.8 Å². The molecule has 7 nitrogen and oxygen atoms in total. The predicted octanol–water partition coefficient (Wildman–Crippen LogP) is -0.826. The second kappa shape index (κ2) is 6.32. The van der Waals surface area contributed by atoms with Crippen molar-refractivity contribution in [2.75, 3.05) is 39.3 Å². The minimum Gasteiger partial charge on any atom is -0.340 e. The van der Waals surface area contributed by atoms with Crippen LogP contribution in [0.4, 0.5) is 0 Å². The van der Waals surface area contributed by atoms with Gasteiger partial charge >= 0.3 is 0 Å². The van der Waals surface area contributed by atoms with E-state index in [4.69, 9.17) is 0 Å². The Kier molecular flexibility index (Phi) is 4.27. The number of carbonyl (C=O) groups excluding carboxylic acids is 1. The van der Waals surface area contributed by atoms with Crippen LogP contribution in [0.5, 0.6) is 0 Å². The molecular weight excluding hydrogens is 256 g/mol. The van der Waals surface area contributed by atoms with Gasteiger partial charge in [0, 0.05) is 51.4 Å². The van der Waals surface area contributed by atoms with Gasteiger partial charge in [-0.15, -0.1) is 5.10 Å². The molecule has 2 aliphatic heterocycles. The predicted molar refractivity (Wildman–Crippen MR) is 74.1 cm³/mol. The molecule has 110 valence electrons. The summed E-state index contributed by atoms with van der Waals surface area (Å²) < 4.78 is 1.71. The molecule has 2 aliphatic rings. The second-order valence-electron chi connectivity index (χ2n) is 5.48. The van der Waals surface area contributed by atoms with Crippen molar-refractivity contribution in [3.8, 4) is 0 Å². The lowest BCUT2D eigenvalue weighted by atomic mass is 10.2. The standard InChI is InChI=1S/C13H22N6O/c20-13(2-5-19-6-4-15-16-19)18-9-7-17(8-10-18)12-1-3-14-11-12/h4,6,12,14H,1-3,5,7-11H2. The maximum Gasteiger partial charge on any atom is 0.224 e. The molecule has 0 aliphatic carbocycles. The summed E-state index contributed by atoms with van der Waals surface area (Å²) in [6.45, 7) is 6.55. The van der Waals surface area contributed by atoms with Gasteiger partial charge < -0.3 is 10.2 Å². The largest absolute Gasteiger partial charge is 0.340 e. The van der Waals surface area contributed by atoms with Crippen molar-refractivity contribution in [3.63, 3.8) is 0 Å². The molecule has 0 radical (unpaired) electrons. The smallest absolute Gasteiger partial charge is 0.224 e. The maximum absolute atomic E-state index is 12.2. The molecule has 3 rings (SSSR count). The van der Waals surface area contributed by atoms with Gasteiger partial charge in [-0.1, -0.05) is 5.21 Å². The highest BCUT2D eigenvalue weighted by Gasteiger charge is 2.27. The van der Waals surface area contributed by atoms with E-state index in [0.29, 0.717) is 19.0 Å². The number of nitrogens with zero attached hydrogens (tertiary/aromatic N) is 5. The molecule has 3 heterocycles.